The summed E-state index contributed by atoms with van der Waals surface area (Å²) < 4.78 is 5.24. The fourth-order valence-corrected chi connectivity index (χ4v) is 2.31. The highest BCUT2D eigenvalue weighted by molar-refractivity contribution is 7.98. The molecule has 112 valence electrons. The average molecular weight is 295 g/mol. The van der Waals surface area contributed by atoms with Crippen LogP contribution in [0, 0.1) is 5.92 Å². The molecule has 0 aliphatic carbocycles. The number of thioether (sulfide) groups is 1. The van der Waals surface area contributed by atoms with Gasteiger partial charge in [0.15, 0.2) is 0 Å². The lowest BCUT2D eigenvalue weighted by Gasteiger charge is -2.30. The first-order chi connectivity index (χ1) is 9.43. The topological polar surface area (TPSA) is 38.3 Å². The van der Waals surface area contributed by atoms with Crippen LogP contribution < -0.4 is 5.32 Å². The van der Waals surface area contributed by atoms with Gasteiger partial charge in [0, 0.05) is 4.90 Å². The molecule has 0 bridgehead atoms. The van der Waals surface area contributed by atoms with E-state index in [2.05, 4.69) is 19.2 Å². The summed E-state index contributed by atoms with van der Waals surface area (Å²) in [6, 6.07) is 8.06. The van der Waals surface area contributed by atoms with Crippen molar-refractivity contribution in [3.63, 3.8) is 0 Å². The number of hydrogen-bond donors (Lipinski definition) is 1. The van der Waals surface area contributed by atoms with Gasteiger partial charge in [0.05, 0.1) is 6.61 Å². The number of ether oxygens (including phenoxy) is 1. The number of rotatable bonds is 7. The minimum atomic E-state index is -0.794. The predicted octanol–water partition coefficient (Wildman–Crippen LogP) is 3.43. The van der Waals surface area contributed by atoms with Gasteiger partial charge in [-0.15, -0.1) is 11.8 Å². The van der Waals surface area contributed by atoms with Crippen molar-refractivity contribution in [2.75, 3.05) is 19.4 Å². The molecule has 0 spiro atoms. The monoisotopic (exact) mass is 295 g/mol. The highest BCUT2D eigenvalue weighted by atomic mass is 32.2. The Morgan fingerprint density at radius 3 is 2.40 bits per heavy atom. The summed E-state index contributed by atoms with van der Waals surface area (Å²) in [5, 5.41) is 3.35. The summed E-state index contributed by atoms with van der Waals surface area (Å²) in [5.41, 5.74) is 0.145. The van der Waals surface area contributed by atoms with Gasteiger partial charge in [-0.25, -0.2) is 4.79 Å². The summed E-state index contributed by atoms with van der Waals surface area (Å²) in [5.74, 6) is 0.242. The van der Waals surface area contributed by atoms with E-state index in [1.54, 1.807) is 11.8 Å². The lowest BCUT2D eigenvalue weighted by molar-refractivity contribution is -0.151. The van der Waals surface area contributed by atoms with Gasteiger partial charge in [0.25, 0.3) is 0 Å². The molecule has 0 saturated heterocycles. The van der Waals surface area contributed by atoms with Crippen molar-refractivity contribution in [2.24, 2.45) is 5.92 Å². The third-order valence-corrected chi connectivity index (χ3v) is 3.96. The Morgan fingerprint density at radius 2 is 1.95 bits per heavy atom. The smallest absolute Gasteiger partial charge is 0.330 e. The maximum atomic E-state index is 12.3. The molecule has 1 rings (SSSR count). The van der Waals surface area contributed by atoms with Gasteiger partial charge >= 0.3 is 5.97 Å². The zero-order valence-electron chi connectivity index (χ0n) is 13.0. The van der Waals surface area contributed by atoms with Crippen LogP contribution in [0.3, 0.4) is 0 Å². The molecule has 0 heterocycles. The predicted molar refractivity (Wildman–Crippen MR) is 85.0 cm³/mol. The summed E-state index contributed by atoms with van der Waals surface area (Å²) in [4.78, 5) is 13.5. The molecule has 0 saturated carbocycles. The second-order valence-corrected chi connectivity index (χ2v) is 6.23. The first-order valence-corrected chi connectivity index (χ1v) is 8.23. The van der Waals surface area contributed by atoms with Gasteiger partial charge in [-0.3, -0.25) is 5.32 Å². The van der Waals surface area contributed by atoms with Crippen molar-refractivity contribution < 1.29 is 9.53 Å². The van der Waals surface area contributed by atoms with Crippen LogP contribution in [-0.2, 0) is 15.1 Å². The Balaban J connectivity index is 3.03. The molecule has 1 atom stereocenters. The minimum Gasteiger partial charge on any atom is -0.464 e. The highest BCUT2D eigenvalue weighted by Gasteiger charge is 2.36. The largest absolute Gasteiger partial charge is 0.464 e. The number of benzene rings is 1. The molecule has 20 heavy (non-hydrogen) atoms. The van der Waals surface area contributed by atoms with E-state index in [9.17, 15) is 4.79 Å². The van der Waals surface area contributed by atoms with Crippen LogP contribution in [0.1, 0.15) is 33.3 Å². The molecule has 0 radical (unpaired) electrons. The molecule has 4 heteroatoms. The first-order valence-electron chi connectivity index (χ1n) is 7.00. The van der Waals surface area contributed by atoms with Gasteiger partial charge in [0.2, 0.25) is 0 Å². The Kier molecular flexibility index (Phi) is 6.56. The molecule has 0 aliphatic heterocycles. The van der Waals surface area contributed by atoms with E-state index in [0.29, 0.717) is 12.5 Å². The molecule has 1 aromatic rings. The van der Waals surface area contributed by atoms with E-state index in [0.717, 1.165) is 12.1 Å². The molecule has 1 N–H and O–H groups in total. The van der Waals surface area contributed by atoms with Crippen molar-refractivity contribution in [3.05, 3.63) is 29.8 Å². The Hall–Kier alpha value is -1.00. The Morgan fingerprint density at radius 1 is 1.35 bits per heavy atom. The Labute approximate surface area is 126 Å². The third kappa shape index (κ3) is 4.25. The number of hydrogen-bond acceptors (Lipinski definition) is 4. The van der Waals surface area contributed by atoms with Gasteiger partial charge in [-0.2, -0.15) is 0 Å². The average Bonchev–Trinajstić information content (AvgIpc) is 2.45. The van der Waals surface area contributed by atoms with E-state index in [4.69, 9.17) is 4.74 Å². The van der Waals surface area contributed by atoms with E-state index < -0.39 is 5.54 Å². The SMILES string of the molecule is CCOC(=O)C(C)(NCC(C)C)c1ccc(SC)cc1. The quantitative estimate of drug-likeness (QED) is 0.618. The number of nitrogens with one attached hydrogen (secondary N) is 1. The van der Waals surface area contributed by atoms with Crippen LogP contribution in [0.5, 0.6) is 0 Å². The van der Waals surface area contributed by atoms with Gasteiger partial charge in [0.1, 0.15) is 5.54 Å². The molecular weight excluding hydrogens is 270 g/mol. The van der Waals surface area contributed by atoms with Crippen LogP contribution in [0.4, 0.5) is 0 Å². The van der Waals surface area contributed by atoms with Crippen molar-refractivity contribution in [1.82, 2.24) is 5.32 Å². The van der Waals surface area contributed by atoms with Crippen LogP contribution in [-0.4, -0.2) is 25.4 Å². The van der Waals surface area contributed by atoms with Crippen LogP contribution in [0.2, 0.25) is 0 Å². The minimum absolute atomic E-state index is 0.224. The van der Waals surface area contributed by atoms with E-state index in [-0.39, 0.29) is 5.97 Å². The van der Waals surface area contributed by atoms with Crippen molar-refractivity contribution >= 4 is 17.7 Å². The van der Waals surface area contributed by atoms with Gasteiger partial charge in [-0.05, 0) is 50.3 Å². The summed E-state index contributed by atoms with van der Waals surface area (Å²) in [7, 11) is 0. The normalized spacial score (nSPS) is 14.1. The molecular formula is C16H25NO2S. The number of carbonyl (C=O) groups excluding carboxylic acids is 1. The van der Waals surface area contributed by atoms with E-state index in [1.165, 1.54) is 4.90 Å². The molecule has 3 nitrogen and oxygen atoms in total. The molecule has 0 aliphatic rings. The second-order valence-electron chi connectivity index (χ2n) is 5.35. The lowest BCUT2D eigenvalue weighted by Crippen LogP contribution is -2.49. The third-order valence-electron chi connectivity index (χ3n) is 3.21. The standard InChI is InChI=1S/C16H25NO2S/c1-6-19-15(18)16(4,17-11-12(2)3)13-7-9-14(20-5)10-8-13/h7-10,12,17H,6,11H2,1-5H3. The second kappa shape index (κ2) is 7.70. The van der Waals surface area contributed by atoms with Crippen LogP contribution >= 0.6 is 11.8 Å². The first kappa shape index (κ1) is 17.1. The van der Waals surface area contributed by atoms with E-state index >= 15 is 0 Å². The van der Waals surface area contributed by atoms with Crippen molar-refractivity contribution in [2.45, 2.75) is 38.1 Å². The molecule has 0 amide bonds. The van der Waals surface area contributed by atoms with Crippen LogP contribution in [0.25, 0.3) is 0 Å². The summed E-state index contributed by atoms with van der Waals surface area (Å²) >= 11 is 1.69. The Bertz CT molecular complexity index is 431. The highest BCUT2D eigenvalue weighted by Crippen LogP contribution is 2.25. The zero-order valence-corrected chi connectivity index (χ0v) is 13.8. The fourth-order valence-electron chi connectivity index (χ4n) is 1.90. The molecule has 1 aromatic carbocycles. The maximum Gasteiger partial charge on any atom is 0.330 e. The maximum absolute atomic E-state index is 12.3. The summed E-state index contributed by atoms with van der Waals surface area (Å²) in [6.07, 6.45) is 2.04. The van der Waals surface area contributed by atoms with Crippen molar-refractivity contribution in [1.29, 1.82) is 0 Å². The number of esters is 1. The molecule has 0 aromatic heterocycles. The lowest BCUT2D eigenvalue weighted by atomic mass is 9.91. The fraction of sp³-hybridized carbons (Fsp3) is 0.562. The molecule has 0 fully saturated rings. The molecule has 1 unspecified atom stereocenters. The zero-order chi connectivity index (χ0) is 15.2. The van der Waals surface area contributed by atoms with Crippen LogP contribution in [0.15, 0.2) is 29.2 Å². The summed E-state index contributed by atoms with van der Waals surface area (Å²) in [6.45, 7) is 9.12. The number of carbonyl (C=O) groups is 1. The van der Waals surface area contributed by atoms with Crippen molar-refractivity contribution in [3.8, 4) is 0 Å². The van der Waals surface area contributed by atoms with E-state index in [1.807, 2.05) is 44.4 Å². The van der Waals surface area contributed by atoms with Gasteiger partial charge in [-0.1, -0.05) is 26.0 Å². The van der Waals surface area contributed by atoms with Gasteiger partial charge < -0.3 is 4.74 Å².